The number of ether oxygens (including phenoxy) is 2. The smallest absolute Gasteiger partial charge is 0.338 e. The van der Waals surface area contributed by atoms with Crippen LogP contribution in [0.4, 0.5) is 11.4 Å². The average molecular weight is 463 g/mol. The molecule has 0 unspecified atom stereocenters. The maximum Gasteiger partial charge on any atom is 0.338 e. The number of hydrogen-bond donors (Lipinski definition) is 0. The molecule has 2 saturated carbocycles. The predicted molar refractivity (Wildman–Crippen MR) is 131 cm³/mol. The molecule has 6 heteroatoms. The van der Waals surface area contributed by atoms with Crippen LogP contribution < -0.4 is 0 Å². The minimum absolute atomic E-state index is 0.0229. The lowest BCUT2D eigenvalue weighted by molar-refractivity contribution is 0.0165. The summed E-state index contributed by atoms with van der Waals surface area (Å²) < 4.78 is 11.3. The van der Waals surface area contributed by atoms with Gasteiger partial charge in [0.1, 0.15) is 12.2 Å². The second-order valence-corrected chi connectivity index (χ2v) is 9.87. The fraction of sp³-hybridized carbons (Fsp3) is 0.500. The lowest BCUT2D eigenvalue weighted by Gasteiger charge is -2.25. The van der Waals surface area contributed by atoms with Gasteiger partial charge in [-0.25, -0.2) is 9.59 Å². The van der Waals surface area contributed by atoms with Gasteiger partial charge in [-0.15, -0.1) is 0 Å². The fourth-order valence-corrected chi connectivity index (χ4v) is 4.58. The maximum atomic E-state index is 12.4. The van der Waals surface area contributed by atoms with E-state index in [0.29, 0.717) is 22.5 Å². The number of rotatable bonds is 6. The van der Waals surface area contributed by atoms with E-state index < -0.39 is 0 Å². The van der Waals surface area contributed by atoms with Gasteiger partial charge in [0.05, 0.1) is 22.5 Å². The molecule has 180 valence electrons. The van der Waals surface area contributed by atoms with E-state index in [4.69, 9.17) is 9.47 Å². The van der Waals surface area contributed by atoms with Crippen LogP contribution in [-0.2, 0) is 9.47 Å². The van der Waals surface area contributed by atoms with Crippen molar-refractivity contribution < 1.29 is 19.1 Å². The van der Waals surface area contributed by atoms with Crippen molar-refractivity contribution in [2.75, 3.05) is 0 Å². The Balaban J connectivity index is 1.27. The molecule has 0 bridgehead atoms. The van der Waals surface area contributed by atoms with E-state index in [1.807, 2.05) is 0 Å². The van der Waals surface area contributed by atoms with Crippen molar-refractivity contribution in [2.45, 2.75) is 77.4 Å². The molecule has 0 spiro atoms. The molecular weight excluding hydrogens is 428 g/mol. The van der Waals surface area contributed by atoms with Crippen molar-refractivity contribution in [3.63, 3.8) is 0 Å². The van der Waals surface area contributed by atoms with E-state index in [1.165, 1.54) is 0 Å². The van der Waals surface area contributed by atoms with Crippen LogP contribution in [0, 0.1) is 11.8 Å². The summed E-state index contributed by atoms with van der Waals surface area (Å²) in [6.45, 7) is 4.48. The summed E-state index contributed by atoms with van der Waals surface area (Å²) in [5, 5.41) is 8.47. The van der Waals surface area contributed by atoms with Crippen LogP contribution in [0.25, 0.3) is 0 Å². The third-order valence-corrected chi connectivity index (χ3v) is 6.96. The third kappa shape index (κ3) is 6.75. The topological polar surface area (TPSA) is 77.3 Å². The van der Waals surface area contributed by atoms with Crippen molar-refractivity contribution in [1.82, 2.24) is 0 Å². The van der Waals surface area contributed by atoms with Crippen molar-refractivity contribution in [1.29, 1.82) is 0 Å². The number of benzene rings is 2. The maximum absolute atomic E-state index is 12.4. The molecule has 0 aromatic heterocycles. The molecule has 4 rings (SSSR count). The SMILES string of the molecule is CC1CCC(OC(=O)c2ccc(/N=N\c3ccc(C(=O)OC4CCC(C)CC4)cc3)cc2)CC1. The largest absolute Gasteiger partial charge is 0.459 e. The molecular formula is C28H34N2O4. The number of azo groups is 1. The van der Waals surface area contributed by atoms with Gasteiger partial charge in [-0.2, -0.15) is 10.2 Å². The second kappa shape index (κ2) is 11.4. The molecule has 0 radical (unpaired) electrons. The first-order chi connectivity index (χ1) is 16.5. The molecule has 2 aromatic carbocycles. The lowest BCUT2D eigenvalue weighted by atomic mass is 9.89. The summed E-state index contributed by atoms with van der Waals surface area (Å²) in [6, 6.07) is 13.9. The Hall–Kier alpha value is -3.02. The van der Waals surface area contributed by atoms with Gasteiger partial charge in [0.2, 0.25) is 0 Å². The molecule has 2 aromatic rings. The molecule has 2 fully saturated rings. The second-order valence-electron chi connectivity index (χ2n) is 9.87. The Bertz CT molecular complexity index is 903. The van der Waals surface area contributed by atoms with Crippen LogP contribution in [0.15, 0.2) is 58.8 Å². The van der Waals surface area contributed by atoms with Crippen LogP contribution in [0.5, 0.6) is 0 Å². The van der Waals surface area contributed by atoms with E-state index in [9.17, 15) is 9.59 Å². The molecule has 2 aliphatic carbocycles. The lowest BCUT2D eigenvalue weighted by Crippen LogP contribution is -2.23. The molecule has 0 atom stereocenters. The van der Waals surface area contributed by atoms with Gasteiger partial charge >= 0.3 is 11.9 Å². The van der Waals surface area contributed by atoms with Crippen LogP contribution in [0.2, 0.25) is 0 Å². The predicted octanol–water partition coefficient (Wildman–Crippen LogP) is 7.57. The molecule has 0 heterocycles. The van der Waals surface area contributed by atoms with Crippen molar-refractivity contribution in [2.24, 2.45) is 22.1 Å². The van der Waals surface area contributed by atoms with Gasteiger partial charge in [0.15, 0.2) is 0 Å². The van der Waals surface area contributed by atoms with Crippen molar-refractivity contribution in [3.8, 4) is 0 Å². The summed E-state index contributed by atoms with van der Waals surface area (Å²) in [4.78, 5) is 24.8. The number of carbonyl (C=O) groups is 2. The standard InChI is InChI=1S/C28H34N2O4/c1-19-3-15-25(16-4-19)33-27(31)21-7-11-23(12-8-21)29-30-24-13-9-22(10-14-24)28(32)34-26-17-5-20(2)6-18-26/h7-14,19-20,25-26H,3-6,15-18H2,1-2H3/b30-29-. The van der Waals surface area contributed by atoms with Gasteiger partial charge in [-0.3, -0.25) is 0 Å². The highest BCUT2D eigenvalue weighted by Gasteiger charge is 2.23. The molecule has 0 amide bonds. The summed E-state index contributed by atoms with van der Waals surface area (Å²) in [7, 11) is 0. The summed E-state index contributed by atoms with van der Waals surface area (Å²) in [6.07, 6.45) is 8.25. The van der Waals surface area contributed by atoms with Crippen molar-refractivity contribution >= 4 is 23.3 Å². The molecule has 2 aliphatic rings. The number of nitrogens with zero attached hydrogens (tertiary/aromatic N) is 2. The van der Waals surface area contributed by atoms with Crippen LogP contribution in [-0.4, -0.2) is 24.1 Å². The Kier molecular flexibility index (Phi) is 8.09. The molecule has 0 saturated heterocycles. The first-order valence-electron chi connectivity index (χ1n) is 12.5. The van der Waals surface area contributed by atoms with E-state index in [-0.39, 0.29) is 24.1 Å². The van der Waals surface area contributed by atoms with Gasteiger partial charge in [-0.05, 0) is 112 Å². The zero-order valence-corrected chi connectivity index (χ0v) is 20.1. The van der Waals surface area contributed by atoms with Crippen LogP contribution in [0.1, 0.15) is 85.9 Å². The zero-order valence-electron chi connectivity index (χ0n) is 20.1. The normalized spacial score (nSPS) is 25.1. The monoisotopic (exact) mass is 462 g/mol. The highest BCUT2D eigenvalue weighted by molar-refractivity contribution is 5.90. The first-order valence-corrected chi connectivity index (χ1v) is 12.5. The zero-order chi connectivity index (χ0) is 23.9. The van der Waals surface area contributed by atoms with Crippen molar-refractivity contribution in [3.05, 3.63) is 59.7 Å². The molecule has 0 N–H and O–H groups in total. The van der Waals surface area contributed by atoms with Gasteiger partial charge < -0.3 is 9.47 Å². The highest BCUT2D eigenvalue weighted by Crippen LogP contribution is 2.28. The van der Waals surface area contributed by atoms with Gasteiger partial charge in [0.25, 0.3) is 0 Å². The summed E-state index contributed by atoms with van der Waals surface area (Å²) >= 11 is 0. The first kappa shape index (κ1) is 24.1. The Morgan fingerprint density at radius 3 is 1.24 bits per heavy atom. The minimum atomic E-state index is -0.284. The Morgan fingerprint density at radius 2 is 0.912 bits per heavy atom. The Morgan fingerprint density at radius 1 is 0.588 bits per heavy atom. The van der Waals surface area contributed by atoms with Crippen LogP contribution in [0.3, 0.4) is 0 Å². The fourth-order valence-electron chi connectivity index (χ4n) is 4.58. The summed E-state index contributed by atoms with van der Waals surface area (Å²) in [5.41, 5.74) is 2.32. The van der Waals surface area contributed by atoms with E-state index in [0.717, 1.165) is 63.2 Å². The Labute approximate surface area is 201 Å². The third-order valence-electron chi connectivity index (χ3n) is 6.96. The van der Waals surface area contributed by atoms with E-state index >= 15 is 0 Å². The number of esters is 2. The van der Waals surface area contributed by atoms with Gasteiger partial charge in [-0.1, -0.05) is 13.8 Å². The highest BCUT2D eigenvalue weighted by atomic mass is 16.5. The van der Waals surface area contributed by atoms with Crippen LogP contribution >= 0.6 is 0 Å². The van der Waals surface area contributed by atoms with E-state index in [2.05, 4.69) is 24.1 Å². The van der Waals surface area contributed by atoms with Gasteiger partial charge in [0, 0.05) is 0 Å². The minimum Gasteiger partial charge on any atom is -0.459 e. The molecule has 34 heavy (non-hydrogen) atoms. The molecule has 6 nitrogen and oxygen atoms in total. The number of carbonyl (C=O) groups excluding carboxylic acids is 2. The number of hydrogen-bond acceptors (Lipinski definition) is 6. The van der Waals surface area contributed by atoms with E-state index in [1.54, 1.807) is 48.5 Å². The average Bonchev–Trinajstić information content (AvgIpc) is 2.86. The molecule has 0 aliphatic heterocycles. The summed E-state index contributed by atoms with van der Waals surface area (Å²) in [5.74, 6) is 0.867. The quantitative estimate of drug-likeness (QED) is 0.327.